The Morgan fingerprint density at radius 3 is 2.82 bits per heavy atom. The molecule has 0 bridgehead atoms. The average molecular weight is 231 g/mol. The van der Waals surface area contributed by atoms with E-state index in [1.807, 2.05) is 12.3 Å². The van der Waals surface area contributed by atoms with Crippen molar-refractivity contribution in [2.24, 2.45) is 0 Å². The fourth-order valence-electron chi connectivity index (χ4n) is 3.47. The van der Waals surface area contributed by atoms with E-state index in [0.29, 0.717) is 5.92 Å². The van der Waals surface area contributed by atoms with Gasteiger partial charge in [0.1, 0.15) is 0 Å². The zero-order chi connectivity index (χ0) is 11.6. The summed E-state index contributed by atoms with van der Waals surface area (Å²) in [4.78, 5) is 4.54. The van der Waals surface area contributed by atoms with Gasteiger partial charge in [-0.25, -0.2) is 0 Å². The summed E-state index contributed by atoms with van der Waals surface area (Å²) in [6, 6.07) is 6.29. The van der Waals surface area contributed by atoms with Gasteiger partial charge in [-0.1, -0.05) is 18.9 Å². The second-order valence-electron chi connectivity index (χ2n) is 5.54. The summed E-state index contributed by atoms with van der Waals surface area (Å²) >= 11 is 0. The van der Waals surface area contributed by atoms with Crippen LogP contribution in [0.4, 0.5) is 0 Å². The Balaban J connectivity index is 1.80. The first kappa shape index (κ1) is 11.2. The van der Waals surface area contributed by atoms with Gasteiger partial charge in [0, 0.05) is 24.4 Å². The molecule has 1 saturated carbocycles. The highest BCUT2D eigenvalue weighted by molar-refractivity contribution is 5.11. The predicted molar refractivity (Wildman–Crippen MR) is 68.0 cm³/mol. The molecule has 0 aromatic carbocycles. The van der Waals surface area contributed by atoms with Crippen LogP contribution >= 0.6 is 0 Å². The van der Waals surface area contributed by atoms with Gasteiger partial charge in [-0.2, -0.15) is 0 Å². The first-order valence-electron chi connectivity index (χ1n) is 6.93. The van der Waals surface area contributed by atoms with Crippen LogP contribution in [0, 0.1) is 0 Å². The monoisotopic (exact) mass is 231 g/mol. The quantitative estimate of drug-likeness (QED) is 0.735. The number of nitrogens with zero attached hydrogens (tertiary/aromatic N) is 1. The fourth-order valence-corrected chi connectivity index (χ4v) is 3.47. The third-order valence-electron chi connectivity index (χ3n) is 4.34. The van der Waals surface area contributed by atoms with Crippen LogP contribution in [0.15, 0.2) is 24.4 Å². The number of pyridine rings is 1. The smallest absolute Gasteiger partial charge is 0.0689 e. The maximum atomic E-state index is 6.18. The molecule has 0 radical (unpaired) electrons. The molecule has 1 aliphatic heterocycles. The lowest BCUT2D eigenvalue weighted by Gasteiger charge is -2.30. The molecule has 0 amide bonds. The topological polar surface area (TPSA) is 22.1 Å². The van der Waals surface area contributed by atoms with Gasteiger partial charge in [0.25, 0.3) is 0 Å². The average Bonchev–Trinajstić information content (AvgIpc) is 2.71. The summed E-state index contributed by atoms with van der Waals surface area (Å²) in [5.74, 6) is 0.608. The molecule has 1 aromatic rings. The van der Waals surface area contributed by atoms with Crippen LogP contribution in [0.25, 0.3) is 0 Å². The molecular formula is C15H21NO. The van der Waals surface area contributed by atoms with Crippen LogP contribution < -0.4 is 0 Å². The van der Waals surface area contributed by atoms with Crippen molar-refractivity contribution in [2.45, 2.75) is 56.5 Å². The third kappa shape index (κ3) is 2.37. The van der Waals surface area contributed by atoms with Crippen LogP contribution in [-0.2, 0) is 4.74 Å². The minimum Gasteiger partial charge on any atom is -0.375 e. The van der Waals surface area contributed by atoms with Crippen molar-refractivity contribution < 1.29 is 4.74 Å². The van der Waals surface area contributed by atoms with E-state index in [4.69, 9.17) is 4.74 Å². The molecule has 1 aromatic heterocycles. The second kappa shape index (κ2) is 4.77. The Morgan fingerprint density at radius 1 is 1.18 bits per heavy atom. The van der Waals surface area contributed by atoms with Crippen molar-refractivity contribution in [3.8, 4) is 0 Å². The largest absolute Gasteiger partial charge is 0.375 e. The number of hydrogen-bond donors (Lipinski definition) is 0. The Kier molecular flexibility index (Phi) is 3.15. The zero-order valence-electron chi connectivity index (χ0n) is 10.4. The maximum Gasteiger partial charge on any atom is 0.0689 e. The molecule has 1 aliphatic carbocycles. The Morgan fingerprint density at radius 2 is 2.06 bits per heavy atom. The van der Waals surface area contributed by atoms with Gasteiger partial charge in [-0.05, 0) is 44.2 Å². The van der Waals surface area contributed by atoms with E-state index in [2.05, 4.69) is 17.1 Å². The van der Waals surface area contributed by atoms with Crippen LogP contribution in [0.1, 0.15) is 56.6 Å². The van der Waals surface area contributed by atoms with Crippen LogP contribution in [0.5, 0.6) is 0 Å². The molecule has 2 heterocycles. The van der Waals surface area contributed by atoms with Crippen LogP contribution in [0.3, 0.4) is 0 Å². The van der Waals surface area contributed by atoms with E-state index in [0.717, 1.165) is 6.61 Å². The van der Waals surface area contributed by atoms with Crippen molar-refractivity contribution in [3.05, 3.63) is 30.1 Å². The Bertz CT molecular complexity index is 356. The number of ether oxygens (including phenoxy) is 1. The van der Waals surface area contributed by atoms with Gasteiger partial charge in [0.15, 0.2) is 0 Å². The molecule has 17 heavy (non-hydrogen) atoms. The minimum absolute atomic E-state index is 0.193. The van der Waals surface area contributed by atoms with Gasteiger partial charge in [0.2, 0.25) is 0 Å². The van der Waals surface area contributed by atoms with E-state index in [1.165, 1.54) is 50.6 Å². The van der Waals surface area contributed by atoms with Gasteiger partial charge >= 0.3 is 0 Å². The lowest BCUT2D eigenvalue weighted by Crippen LogP contribution is -2.29. The Labute approximate surface area is 103 Å². The summed E-state index contributed by atoms with van der Waals surface area (Å²) in [6.45, 7) is 0.948. The predicted octanol–water partition coefficient (Wildman–Crippen LogP) is 3.68. The van der Waals surface area contributed by atoms with Crippen molar-refractivity contribution in [1.29, 1.82) is 0 Å². The summed E-state index contributed by atoms with van der Waals surface area (Å²) in [5, 5.41) is 0. The summed E-state index contributed by atoms with van der Waals surface area (Å²) in [5.41, 5.74) is 1.46. The van der Waals surface area contributed by atoms with E-state index in [9.17, 15) is 0 Å². The molecule has 0 N–H and O–H groups in total. The summed E-state index contributed by atoms with van der Waals surface area (Å²) < 4.78 is 6.18. The number of aromatic nitrogens is 1. The highest BCUT2D eigenvalue weighted by Crippen LogP contribution is 2.43. The summed E-state index contributed by atoms with van der Waals surface area (Å²) in [7, 11) is 0. The van der Waals surface area contributed by atoms with Crippen LogP contribution in [-0.4, -0.2) is 17.2 Å². The molecular weight excluding hydrogens is 210 g/mol. The molecule has 1 saturated heterocycles. The molecule has 1 spiro atoms. The Hall–Kier alpha value is -0.890. The molecule has 3 rings (SSSR count). The van der Waals surface area contributed by atoms with Gasteiger partial charge in [-0.3, -0.25) is 4.98 Å². The van der Waals surface area contributed by atoms with Crippen molar-refractivity contribution in [3.63, 3.8) is 0 Å². The molecule has 2 nitrogen and oxygen atoms in total. The van der Waals surface area contributed by atoms with Gasteiger partial charge in [-0.15, -0.1) is 0 Å². The van der Waals surface area contributed by atoms with Gasteiger partial charge in [0.05, 0.1) is 5.60 Å². The molecule has 1 unspecified atom stereocenters. The third-order valence-corrected chi connectivity index (χ3v) is 4.34. The lowest BCUT2D eigenvalue weighted by atomic mass is 9.85. The second-order valence-corrected chi connectivity index (χ2v) is 5.54. The standard InChI is InChI=1S/C15H21NO/c1-4-10-16-14(7-1)13-6-5-11-17-15(12-13)8-2-3-9-15/h1,4,7,10,13H,2-3,5-6,8-9,11-12H2. The summed E-state index contributed by atoms with van der Waals surface area (Å²) in [6.07, 6.45) is 10.7. The number of rotatable bonds is 1. The molecule has 2 aliphatic rings. The number of hydrogen-bond acceptors (Lipinski definition) is 2. The van der Waals surface area contributed by atoms with E-state index >= 15 is 0 Å². The van der Waals surface area contributed by atoms with E-state index in [1.54, 1.807) is 0 Å². The zero-order valence-corrected chi connectivity index (χ0v) is 10.4. The molecule has 92 valence electrons. The van der Waals surface area contributed by atoms with Crippen molar-refractivity contribution in [1.82, 2.24) is 4.98 Å². The van der Waals surface area contributed by atoms with Gasteiger partial charge < -0.3 is 4.74 Å². The first-order chi connectivity index (χ1) is 8.38. The van der Waals surface area contributed by atoms with E-state index < -0.39 is 0 Å². The maximum absolute atomic E-state index is 6.18. The molecule has 2 heteroatoms. The fraction of sp³-hybridized carbons (Fsp3) is 0.667. The highest BCUT2D eigenvalue weighted by Gasteiger charge is 2.39. The molecule has 2 fully saturated rings. The highest BCUT2D eigenvalue weighted by atomic mass is 16.5. The SMILES string of the molecule is c1ccc(C2CCCOC3(CCCC3)C2)nc1. The van der Waals surface area contributed by atoms with Crippen molar-refractivity contribution >= 4 is 0 Å². The minimum atomic E-state index is 0.193. The van der Waals surface area contributed by atoms with Crippen LogP contribution in [0.2, 0.25) is 0 Å². The normalized spacial score (nSPS) is 28.1. The van der Waals surface area contributed by atoms with Crippen molar-refractivity contribution in [2.75, 3.05) is 6.61 Å². The first-order valence-corrected chi connectivity index (χ1v) is 6.93. The van der Waals surface area contributed by atoms with E-state index in [-0.39, 0.29) is 5.60 Å². The molecule has 1 atom stereocenters. The lowest BCUT2D eigenvalue weighted by molar-refractivity contribution is -0.0390.